The van der Waals surface area contributed by atoms with Gasteiger partial charge in [0.15, 0.2) is 5.82 Å². The molecule has 52 heavy (non-hydrogen) atoms. The van der Waals surface area contributed by atoms with Crippen molar-refractivity contribution in [3.63, 3.8) is 0 Å². The van der Waals surface area contributed by atoms with Gasteiger partial charge in [0.1, 0.15) is 29.5 Å². The summed E-state index contributed by atoms with van der Waals surface area (Å²) < 4.78 is 39.3. The number of likely N-dealkylation sites (N-methyl/N-ethyl adjacent to an activating group) is 1. The molecule has 7 rings (SSSR count). The summed E-state index contributed by atoms with van der Waals surface area (Å²) in [5.41, 5.74) is -1.17. The maximum absolute atomic E-state index is 17.7. The number of phenols is 1. The zero-order valence-corrected chi connectivity index (χ0v) is 29.8. The number of aromatic hydroxyl groups is 1. The Hall–Kier alpha value is -5.26. The van der Waals surface area contributed by atoms with E-state index in [1.165, 1.54) is 30.3 Å². The maximum atomic E-state index is 17.7. The van der Waals surface area contributed by atoms with Crippen LogP contribution in [-0.4, -0.2) is 82.2 Å². The van der Waals surface area contributed by atoms with Crippen LogP contribution in [0.3, 0.4) is 0 Å². The summed E-state index contributed by atoms with van der Waals surface area (Å²) in [5, 5.41) is 22.3. The molecule has 1 N–H and O–H groups in total. The summed E-state index contributed by atoms with van der Waals surface area (Å²) in [6, 6.07) is 9.33. The molecule has 0 aliphatic carbocycles. The number of aromatic nitrogens is 2. The van der Waals surface area contributed by atoms with Crippen molar-refractivity contribution < 1.29 is 23.4 Å². The lowest BCUT2D eigenvalue weighted by Crippen LogP contribution is -2.43. The van der Waals surface area contributed by atoms with E-state index in [2.05, 4.69) is 28.5 Å². The molecule has 9 nitrogen and oxygen atoms in total. The normalized spacial score (nSPS) is 18.4. The van der Waals surface area contributed by atoms with Gasteiger partial charge in [0, 0.05) is 42.5 Å². The summed E-state index contributed by atoms with van der Waals surface area (Å²) >= 11 is 0. The van der Waals surface area contributed by atoms with Crippen molar-refractivity contribution in [3.05, 3.63) is 65.7 Å². The van der Waals surface area contributed by atoms with Gasteiger partial charge < -0.3 is 19.6 Å². The van der Waals surface area contributed by atoms with Crippen molar-refractivity contribution in [2.24, 2.45) is 0 Å². The second-order valence-corrected chi connectivity index (χ2v) is 14.9. The van der Waals surface area contributed by atoms with E-state index in [0.29, 0.717) is 36.3 Å². The number of phenolic OH excluding ortho intramolecular Hbond substituents is 1. The van der Waals surface area contributed by atoms with Crippen LogP contribution in [0.15, 0.2) is 43.0 Å². The van der Waals surface area contributed by atoms with Crippen molar-refractivity contribution in [3.8, 4) is 41.3 Å². The van der Waals surface area contributed by atoms with Gasteiger partial charge in [0.25, 0.3) is 0 Å². The zero-order chi connectivity index (χ0) is 36.9. The number of ether oxygens (including phenoxy) is 1. The van der Waals surface area contributed by atoms with E-state index in [4.69, 9.17) is 16.1 Å². The Kier molecular flexibility index (Phi) is 9.04. The molecule has 4 aromatic rings. The lowest BCUT2D eigenvalue weighted by molar-refractivity contribution is -0.126. The van der Waals surface area contributed by atoms with Gasteiger partial charge in [-0.2, -0.15) is 15.2 Å². The van der Waals surface area contributed by atoms with E-state index in [0.717, 1.165) is 51.6 Å². The molecule has 3 aliphatic rings. The number of carbonyl (C=O) groups is 1. The van der Waals surface area contributed by atoms with Gasteiger partial charge in [0.2, 0.25) is 5.91 Å². The van der Waals surface area contributed by atoms with E-state index in [1.54, 1.807) is 24.8 Å². The van der Waals surface area contributed by atoms with Gasteiger partial charge >= 0.3 is 6.01 Å². The highest BCUT2D eigenvalue weighted by atomic mass is 19.1. The van der Waals surface area contributed by atoms with Crippen molar-refractivity contribution in [1.29, 1.82) is 5.26 Å². The Morgan fingerprint density at radius 1 is 1.19 bits per heavy atom. The van der Waals surface area contributed by atoms with Crippen LogP contribution in [0, 0.1) is 35.3 Å². The fraction of sp³-hybridized carbons (Fsp3) is 0.415. The highest BCUT2D eigenvalue weighted by Gasteiger charge is 2.45. The molecule has 3 saturated heterocycles. The highest BCUT2D eigenvalue weighted by Crippen LogP contribution is 2.46. The van der Waals surface area contributed by atoms with Crippen LogP contribution >= 0.6 is 0 Å². The van der Waals surface area contributed by atoms with Gasteiger partial charge in [-0.3, -0.25) is 9.69 Å². The molecule has 0 radical (unpaired) electrons. The summed E-state index contributed by atoms with van der Waals surface area (Å²) in [4.78, 5) is 28.4. The molecule has 1 amide bonds. The number of nitriles is 1. The largest absolute Gasteiger partial charge is 0.508 e. The maximum Gasteiger partial charge on any atom is 0.319 e. The minimum atomic E-state index is -1.27. The first kappa shape index (κ1) is 35.2. The first-order chi connectivity index (χ1) is 24.9. The van der Waals surface area contributed by atoms with E-state index >= 15 is 8.78 Å². The molecule has 268 valence electrons. The van der Waals surface area contributed by atoms with Crippen molar-refractivity contribution in [2.75, 3.05) is 44.7 Å². The molecule has 1 aromatic heterocycles. The number of hydrogen-bond acceptors (Lipinski definition) is 8. The molecule has 0 bridgehead atoms. The van der Waals surface area contributed by atoms with Gasteiger partial charge in [-0.05, 0) is 112 Å². The zero-order valence-electron chi connectivity index (χ0n) is 29.8. The molecule has 0 saturated carbocycles. The molecule has 3 fully saturated rings. The topological polar surface area (TPSA) is 106 Å². The number of benzene rings is 3. The van der Waals surface area contributed by atoms with Crippen molar-refractivity contribution in [2.45, 2.75) is 69.4 Å². The number of terminal acetylenes is 1. The van der Waals surface area contributed by atoms with Crippen LogP contribution in [0.25, 0.3) is 32.8 Å². The van der Waals surface area contributed by atoms with Crippen LogP contribution < -0.4 is 9.64 Å². The Morgan fingerprint density at radius 3 is 2.63 bits per heavy atom. The highest BCUT2D eigenvalue weighted by molar-refractivity contribution is 6.05. The Labute approximate surface area is 302 Å². The summed E-state index contributed by atoms with van der Waals surface area (Å²) in [6.07, 6.45) is 12.9. The van der Waals surface area contributed by atoms with E-state index < -0.39 is 17.0 Å². The number of nitrogens with zero attached hydrogens (tertiary/aromatic N) is 6. The molecular weight excluding hydrogens is 662 g/mol. The number of halogens is 2. The summed E-state index contributed by atoms with van der Waals surface area (Å²) in [5.74, 6) is 0.985. The molecule has 1 atom stereocenters. The van der Waals surface area contributed by atoms with E-state index in [9.17, 15) is 15.2 Å². The number of rotatable bonds is 9. The number of fused-ring (bicyclic) bond motifs is 3. The minimum Gasteiger partial charge on any atom is -0.508 e. The molecule has 4 heterocycles. The first-order valence-electron chi connectivity index (χ1n) is 17.8. The average molecular weight is 705 g/mol. The van der Waals surface area contributed by atoms with Crippen molar-refractivity contribution in [1.82, 2.24) is 19.8 Å². The predicted molar refractivity (Wildman–Crippen MR) is 197 cm³/mol. The monoisotopic (exact) mass is 704 g/mol. The third-order valence-corrected chi connectivity index (χ3v) is 11.3. The Balaban J connectivity index is 1.46. The van der Waals surface area contributed by atoms with Gasteiger partial charge in [-0.1, -0.05) is 18.6 Å². The van der Waals surface area contributed by atoms with Crippen molar-refractivity contribution >= 4 is 33.4 Å². The quantitative estimate of drug-likeness (QED) is 0.149. The van der Waals surface area contributed by atoms with E-state index in [1.807, 2.05) is 11.9 Å². The Bertz CT molecular complexity index is 2200. The molecule has 0 spiro atoms. The second-order valence-electron chi connectivity index (χ2n) is 14.9. The number of amides is 1. The summed E-state index contributed by atoms with van der Waals surface area (Å²) in [7, 11) is 1.83. The van der Waals surface area contributed by atoms with Gasteiger partial charge in [-0.15, -0.1) is 6.42 Å². The molecule has 3 aromatic carbocycles. The molecule has 0 unspecified atom stereocenters. The number of anilines is 1. The number of carbonyl (C=O) groups excluding carboxylic acids is 1. The second kappa shape index (κ2) is 13.4. The number of hydrogen-bond donors (Lipinski definition) is 1. The smallest absolute Gasteiger partial charge is 0.319 e. The molecule has 11 heteroatoms. The van der Waals surface area contributed by atoms with Crippen LogP contribution in [0.2, 0.25) is 0 Å². The predicted octanol–water partition coefficient (Wildman–Crippen LogP) is 6.84. The average Bonchev–Trinajstić information content (AvgIpc) is 3.86. The van der Waals surface area contributed by atoms with Crippen LogP contribution in [-0.2, 0) is 10.2 Å². The minimum absolute atomic E-state index is 0.00110. The fourth-order valence-corrected chi connectivity index (χ4v) is 8.62. The first-order valence-corrected chi connectivity index (χ1v) is 17.8. The fourth-order valence-electron chi connectivity index (χ4n) is 8.62. The Morgan fingerprint density at radius 2 is 1.94 bits per heavy atom. The van der Waals surface area contributed by atoms with Gasteiger partial charge in [-0.25, -0.2) is 8.78 Å². The van der Waals surface area contributed by atoms with Crippen LogP contribution in [0.5, 0.6) is 11.8 Å². The number of likely N-dealkylation sites (tertiary alicyclic amines) is 1. The molecule has 3 aliphatic heterocycles. The summed E-state index contributed by atoms with van der Waals surface area (Å²) in [6.45, 7) is 10.4. The lowest BCUT2D eigenvalue weighted by atomic mass is 9.79. The third kappa shape index (κ3) is 5.87. The van der Waals surface area contributed by atoms with Crippen LogP contribution in [0.1, 0.15) is 63.5 Å². The lowest BCUT2D eigenvalue weighted by Gasteiger charge is -2.32. The van der Waals surface area contributed by atoms with Crippen LogP contribution in [0.4, 0.5) is 14.6 Å². The molecular formula is C41H42F2N6O3. The standard InChI is InChI=1S/C41H42F2N6O3/c1-6-28-32(42)13-12-25-19-27(50)20-29(34(25)28)35-31(40(3,4)23-44)21-30-37(36(35)43)45-39(52-24-41-14-9-16-48(41)17-10-15-41)46-38(30)47(5)22-26-11-8-18-49(26)33(51)7-2/h1,7,12-13,19-21,26,50H,2,8-11,14-18,22,24H2,3-5H3/t26-/m0/s1. The third-order valence-electron chi connectivity index (χ3n) is 11.3. The SMILES string of the molecule is C#Cc1c(F)ccc2cc(O)cc(-c3c(C(C)(C)C#N)cc4c(N(C)C[C@@H]5CCCN5C(=O)C=C)nc(OCC56CCCN5CCC6)nc4c3F)c12. The van der Waals surface area contributed by atoms with E-state index in [-0.39, 0.29) is 62.4 Å². The van der Waals surface area contributed by atoms with Gasteiger partial charge in [0.05, 0.1) is 22.6 Å².